The molecular weight excluding hydrogens is 352 g/mol. The van der Waals surface area contributed by atoms with Crippen LogP contribution in [0, 0.1) is 18.6 Å². The summed E-state index contributed by atoms with van der Waals surface area (Å²) in [5.41, 5.74) is 0.849. The van der Waals surface area contributed by atoms with Gasteiger partial charge in [-0.3, -0.25) is 4.72 Å². The Morgan fingerprint density at radius 1 is 1.05 bits per heavy atom. The van der Waals surface area contributed by atoms with E-state index in [0.29, 0.717) is 0 Å². The molecule has 20 heavy (non-hydrogen) atoms. The van der Waals surface area contributed by atoms with Crippen molar-refractivity contribution in [2.75, 3.05) is 4.72 Å². The fourth-order valence-corrected chi connectivity index (χ4v) is 3.14. The van der Waals surface area contributed by atoms with Gasteiger partial charge >= 0.3 is 0 Å². The van der Waals surface area contributed by atoms with Crippen LogP contribution in [-0.4, -0.2) is 8.42 Å². The molecule has 0 aliphatic carbocycles. The van der Waals surface area contributed by atoms with Crippen molar-refractivity contribution < 1.29 is 17.2 Å². The number of anilines is 1. The van der Waals surface area contributed by atoms with Crippen molar-refractivity contribution >= 4 is 31.6 Å². The number of hydrogen-bond donors (Lipinski definition) is 1. The monoisotopic (exact) mass is 361 g/mol. The zero-order valence-electron chi connectivity index (χ0n) is 10.3. The van der Waals surface area contributed by atoms with Gasteiger partial charge in [0.15, 0.2) is 11.6 Å². The second kappa shape index (κ2) is 5.49. The molecule has 0 amide bonds. The van der Waals surface area contributed by atoms with Crippen LogP contribution in [0.2, 0.25) is 0 Å². The maximum atomic E-state index is 13.2. The molecule has 0 bridgehead atoms. The lowest BCUT2D eigenvalue weighted by Gasteiger charge is -2.10. The normalized spacial score (nSPS) is 11.4. The summed E-state index contributed by atoms with van der Waals surface area (Å²) in [5.74, 6) is -2.19. The van der Waals surface area contributed by atoms with E-state index in [1.165, 1.54) is 12.1 Å². The lowest BCUT2D eigenvalue weighted by Crippen LogP contribution is -2.13. The molecule has 0 fully saturated rings. The van der Waals surface area contributed by atoms with Crippen LogP contribution in [0.25, 0.3) is 0 Å². The Morgan fingerprint density at radius 3 is 2.20 bits per heavy atom. The van der Waals surface area contributed by atoms with E-state index in [1.54, 1.807) is 12.1 Å². The van der Waals surface area contributed by atoms with Crippen molar-refractivity contribution in [2.45, 2.75) is 11.8 Å². The van der Waals surface area contributed by atoms with Crippen LogP contribution in [0.3, 0.4) is 0 Å². The van der Waals surface area contributed by atoms with Gasteiger partial charge in [-0.2, -0.15) is 0 Å². The van der Waals surface area contributed by atoms with Crippen LogP contribution in [0.5, 0.6) is 0 Å². The molecule has 2 rings (SSSR count). The number of halogens is 3. The Labute approximate surface area is 123 Å². The van der Waals surface area contributed by atoms with Crippen molar-refractivity contribution in [3.63, 3.8) is 0 Å². The van der Waals surface area contributed by atoms with Crippen LogP contribution >= 0.6 is 15.9 Å². The second-order valence-corrected chi connectivity index (χ2v) is 6.70. The number of hydrogen-bond acceptors (Lipinski definition) is 2. The van der Waals surface area contributed by atoms with Gasteiger partial charge in [-0.05, 0) is 41.1 Å². The lowest BCUT2D eigenvalue weighted by molar-refractivity contribution is 0.508. The number of rotatable bonds is 3. The van der Waals surface area contributed by atoms with Crippen LogP contribution in [0.1, 0.15) is 5.56 Å². The maximum Gasteiger partial charge on any atom is 0.261 e. The molecule has 0 spiro atoms. The molecule has 0 aromatic heterocycles. The number of nitrogens with one attached hydrogen (secondary N) is 1. The van der Waals surface area contributed by atoms with Crippen LogP contribution in [-0.2, 0) is 10.0 Å². The van der Waals surface area contributed by atoms with Crippen molar-refractivity contribution in [3.05, 3.63) is 58.1 Å². The molecule has 3 nitrogen and oxygen atoms in total. The molecule has 2 aromatic carbocycles. The van der Waals surface area contributed by atoms with Crippen molar-refractivity contribution in [1.82, 2.24) is 0 Å². The molecule has 0 saturated heterocycles. The van der Waals surface area contributed by atoms with Gasteiger partial charge in [0.05, 0.1) is 10.6 Å². The standard InChI is InChI=1S/C13H10BrF2NO2S/c1-8-2-4-9(5-3-8)20(18,19)17-13-7-12(16)11(15)6-10(13)14/h2-7,17H,1H3. The van der Waals surface area contributed by atoms with E-state index in [0.717, 1.165) is 17.7 Å². The fraction of sp³-hybridized carbons (Fsp3) is 0.0769. The third-order valence-corrected chi connectivity index (χ3v) is 4.62. The molecule has 7 heteroatoms. The van der Waals surface area contributed by atoms with Gasteiger partial charge in [0, 0.05) is 10.5 Å². The van der Waals surface area contributed by atoms with Gasteiger partial charge < -0.3 is 0 Å². The van der Waals surface area contributed by atoms with Gasteiger partial charge in [-0.25, -0.2) is 17.2 Å². The second-order valence-electron chi connectivity index (χ2n) is 4.16. The summed E-state index contributed by atoms with van der Waals surface area (Å²) in [5, 5.41) is 0. The molecule has 0 atom stereocenters. The van der Waals surface area contributed by atoms with E-state index in [4.69, 9.17) is 0 Å². The summed E-state index contributed by atoms with van der Waals surface area (Å²) in [6, 6.07) is 7.81. The Bertz CT molecular complexity index is 746. The highest BCUT2D eigenvalue weighted by Crippen LogP contribution is 2.27. The molecule has 0 aliphatic heterocycles. The zero-order chi connectivity index (χ0) is 14.9. The first-order chi connectivity index (χ1) is 9.29. The quantitative estimate of drug-likeness (QED) is 0.844. The lowest BCUT2D eigenvalue weighted by atomic mass is 10.2. The molecule has 0 saturated carbocycles. The summed E-state index contributed by atoms with van der Waals surface area (Å²) in [6.45, 7) is 1.83. The van der Waals surface area contributed by atoms with Gasteiger partial charge in [0.2, 0.25) is 0 Å². The Hall–Kier alpha value is -1.47. The van der Waals surface area contributed by atoms with E-state index in [2.05, 4.69) is 20.7 Å². The van der Waals surface area contributed by atoms with Crippen molar-refractivity contribution in [2.24, 2.45) is 0 Å². The average Bonchev–Trinajstić information content (AvgIpc) is 2.36. The van der Waals surface area contributed by atoms with E-state index < -0.39 is 21.7 Å². The molecule has 0 radical (unpaired) electrons. The number of benzene rings is 2. The summed E-state index contributed by atoms with van der Waals surface area (Å²) >= 11 is 2.98. The topological polar surface area (TPSA) is 46.2 Å². The van der Waals surface area contributed by atoms with Crippen LogP contribution in [0.15, 0.2) is 45.8 Å². The molecule has 0 heterocycles. The highest BCUT2D eigenvalue weighted by Gasteiger charge is 2.17. The molecular formula is C13H10BrF2NO2S. The predicted octanol–water partition coefficient (Wildman–Crippen LogP) is 3.84. The van der Waals surface area contributed by atoms with Gasteiger partial charge in [-0.1, -0.05) is 17.7 Å². The summed E-state index contributed by atoms with van der Waals surface area (Å²) < 4.78 is 52.7. The minimum absolute atomic E-state index is 0.0414. The van der Waals surface area contributed by atoms with E-state index in [1.807, 2.05) is 6.92 Å². The maximum absolute atomic E-state index is 13.2. The average molecular weight is 362 g/mol. The largest absolute Gasteiger partial charge is 0.278 e. The van der Waals surface area contributed by atoms with E-state index in [9.17, 15) is 17.2 Å². The smallest absolute Gasteiger partial charge is 0.261 e. The number of sulfonamides is 1. The highest BCUT2D eigenvalue weighted by molar-refractivity contribution is 9.10. The minimum Gasteiger partial charge on any atom is -0.278 e. The molecule has 0 aliphatic rings. The van der Waals surface area contributed by atoms with Gasteiger partial charge in [0.25, 0.3) is 10.0 Å². The summed E-state index contributed by atoms with van der Waals surface area (Å²) in [7, 11) is -3.85. The van der Waals surface area contributed by atoms with Crippen LogP contribution in [0.4, 0.5) is 14.5 Å². The number of aryl methyl sites for hydroxylation is 1. The minimum atomic E-state index is -3.85. The zero-order valence-corrected chi connectivity index (χ0v) is 12.7. The van der Waals surface area contributed by atoms with E-state index in [-0.39, 0.29) is 15.1 Å². The van der Waals surface area contributed by atoms with Gasteiger partial charge in [0.1, 0.15) is 0 Å². The van der Waals surface area contributed by atoms with Crippen molar-refractivity contribution in [3.8, 4) is 0 Å². The SMILES string of the molecule is Cc1ccc(S(=O)(=O)Nc2cc(F)c(F)cc2Br)cc1. The third-order valence-electron chi connectivity index (χ3n) is 2.59. The Morgan fingerprint density at radius 2 is 1.60 bits per heavy atom. The first kappa shape index (κ1) is 14.9. The van der Waals surface area contributed by atoms with E-state index >= 15 is 0 Å². The molecule has 2 aromatic rings. The first-order valence-electron chi connectivity index (χ1n) is 5.53. The highest BCUT2D eigenvalue weighted by atomic mass is 79.9. The molecule has 1 N–H and O–H groups in total. The predicted molar refractivity (Wildman–Crippen MR) is 76.0 cm³/mol. The third kappa shape index (κ3) is 3.16. The molecule has 106 valence electrons. The Kier molecular flexibility index (Phi) is 4.10. The Balaban J connectivity index is 2.38. The van der Waals surface area contributed by atoms with Crippen molar-refractivity contribution in [1.29, 1.82) is 0 Å². The summed E-state index contributed by atoms with van der Waals surface area (Å²) in [6.07, 6.45) is 0. The van der Waals surface area contributed by atoms with Gasteiger partial charge in [-0.15, -0.1) is 0 Å². The summed E-state index contributed by atoms with van der Waals surface area (Å²) in [4.78, 5) is 0.0414. The fourth-order valence-electron chi connectivity index (χ4n) is 1.52. The van der Waals surface area contributed by atoms with Crippen LogP contribution < -0.4 is 4.72 Å². The first-order valence-corrected chi connectivity index (χ1v) is 7.81. The molecule has 0 unspecified atom stereocenters.